The zero-order chi connectivity index (χ0) is 17.9. The van der Waals surface area contributed by atoms with Crippen LogP contribution in [0.5, 0.6) is 0 Å². The number of hydrogen-bond donors (Lipinski definition) is 3. The molecule has 0 atom stereocenters. The van der Waals surface area contributed by atoms with Crippen molar-refractivity contribution in [2.45, 2.75) is 16.0 Å². The van der Waals surface area contributed by atoms with E-state index in [-0.39, 0.29) is 11.3 Å². The molecular formula is C15H9F3N2O2S2. The number of carboxylic acids is 1. The van der Waals surface area contributed by atoms with E-state index in [9.17, 15) is 18.0 Å². The van der Waals surface area contributed by atoms with Crippen molar-refractivity contribution in [1.82, 2.24) is 0 Å². The Morgan fingerprint density at radius 1 is 1.25 bits per heavy atom. The van der Waals surface area contributed by atoms with E-state index in [1.807, 2.05) is 0 Å². The average molecular weight is 370 g/mol. The van der Waals surface area contributed by atoms with Gasteiger partial charge in [-0.05, 0) is 30.3 Å². The zero-order valence-corrected chi connectivity index (χ0v) is 13.5. The number of hydrogen-bond acceptors (Lipinski definition) is 5. The normalized spacial score (nSPS) is 11.8. The van der Waals surface area contributed by atoms with Gasteiger partial charge in [-0.3, -0.25) is 0 Å². The van der Waals surface area contributed by atoms with Gasteiger partial charge in [0, 0.05) is 9.79 Å². The second kappa shape index (κ2) is 7.07. The van der Waals surface area contributed by atoms with Gasteiger partial charge in [-0.25, -0.2) is 4.79 Å². The Labute approximate surface area is 144 Å². The lowest BCUT2D eigenvalue weighted by molar-refractivity contribution is -0.137. The summed E-state index contributed by atoms with van der Waals surface area (Å²) in [7, 11) is 0. The lowest BCUT2D eigenvalue weighted by atomic mass is 10.1. The van der Waals surface area contributed by atoms with Crippen LogP contribution in [0.1, 0.15) is 15.9 Å². The second-order valence-corrected chi connectivity index (χ2v) is 5.80. The molecule has 4 nitrogen and oxygen atoms in total. The van der Waals surface area contributed by atoms with Gasteiger partial charge in [-0.1, -0.05) is 30.5 Å². The predicted octanol–water partition coefficient (Wildman–Crippen LogP) is 5.01. The lowest BCUT2D eigenvalue weighted by Crippen LogP contribution is -2.10. The first-order valence-electron chi connectivity index (χ1n) is 6.33. The highest BCUT2D eigenvalue weighted by Gasteiger charge is 2.32. The molecule has 124 valence electrons. The summed E-state index contributed by atoms with van der Waals surface area (Å²) >= 11 is 4.33. The Bertz CT molecular complexity index is 832. The van der Waals surface area contributed by atoms with Gasteiger partial charge in [0.15, 0.2) is 0 Å². The number of carboxylic acid groups (broad SMARTS) is 1. The number of halogens is 3. The van der Waals surface area contributed by atoms with E-state index in [1.54, 1.807) is 12.1 Å². The lowest BCUT2D eigenvalue weighted by Gasteiger charge is -2.23. The highest BCUT2D eigenvalue weighted by molar-refractivity contribution is 7.99. The van der Waals surface area contributed by atoms with Crippen LogP contribution in [0, 0.1) is 10.7 Å². The summed E-state index contributed by atoms with van der Waals surface area (Å²) in [6, 6.07) is 8.12. The molecule has 0 unspecified atom stereocenters. The first-order valence-corrected chi connectivity index (χ1v) is 7.60. The molecule has 0 saturated heterocycles. The quantitative estimate of drug-likeness (QED) is 0.415. The van der Waals surface area contributed by atoms with Gasteiger partial charge in [0.2, 0.25) is 0 Å². The van der Waals surface area contributed by atoms with Gasteiger partial charge in [0.05, 0.1) is 22.5 Å². The van der Waals surface area contributed by atoms with Crippen LogP contribution in [0.2, 0.25) is 0 Å². The number of alkyl halides is 3. The van der Waals surface area contributed by atoms with Crippen molar-refractivity contribution in [1.29, 1.82) is 5.26 Å². The summed E-state index contributed by atoms with van der Waals surface area (Å²) in [4.78, 5) is 12.5. The SMILES string of the molecule is N#CS.O=C(O)c1cccc2c1Nc1cc(C(F)(F)F)ccc1S2. The predicted molar refractivity (Wildman–Crippen MR) is 86.9 cm³/mol. The molecule has 3 rings (SSSR count). The number of nitriles is 1. The van der Waals surface area contributed by atoms with Crippen molar-refractivity contribution < 1.29 is 23.1 Å². The van der Waals surface area contributed by atoms with E-state index < -0.39 is 17.7 Å². The fourth-order valence-corrected chi connectivity index (χ4v) is 3.07. The Hall–Kier alpha value is -2.31. The molecule has 2 aromatic carbocycles. The smallest absolute Gasteiger partial charge is 0.416 e. The third-order valence-corrected chi connectivity index (χ3v) is 4.18. The molecule has 1 aliphatic rings. The van der Waals surface area contributed by atoms with Gasteiger partial charge < -0.3 is 10.4 Å². The number of nitrogens with one attached hydrogen (secondary N) is 1. The van der Waals surface area contributed by atoms with E-state index in [0.29, 0.717) is 15.5 Å². The van der Waals surface area contributed by atoms with E-state index in [4.69, 9.17) is 10.4 Å². The highest BCUT2D eigenvalue weighted by atomic mass is 32.2. The maximum atomic E-state index is 12.7. The van der Waals surface area contributed by atoms with E-state index in [0.717, 1.165) is 12.1 Å². The van der Waals surface area contributed by atoms with Crippen LogP contribution in [0.4, 0.5) is 24.5 Å². The summed E-state index contributed by atoms with van der Waals surface area (Å²) in [5, 5.41) is 20.6. The minimum absolute atomic E-state index is 0.0306. The number of anilines is 2. The first kappa shape index (κ1) is 18.0. The van der Waals surface area contributed by atoms with E-state index in [1.165, 1.54) is 29.3 Å². The molecule has 0 fully saturated rings. The molecule has 2 aromatic rings. The number of benzene rings is 2. The molecule has 24 heavy (non-hydrogen) atoms. The van der Waals surface area contributed by atoms with Crippen LogP contribution in [0.3, 0.4) is 0 Å². The summed E-state index contributed by atoms with van der Waals surface area (Å²) in [5.41, 5.74) is -0.161. The Balaban J connectivity index is 0.000000647. The standard InChI is InChI=1S/C14H8F3NO2S.CHNS/c15-14(16,17)7-4-5-10-9(6-7)18-12-8(13(19)20)2-1-3-11(12)21-10;2-1-3/h1-6,18H,(H,19,20);3H. The summed E-state index contributed by atoms with van der Waals surface area (Å²) in [6.45, 7) is 0. The van der Waals surface area contributed by atoms with Crippen LogP contribution in [0.25, 0.3) is 0 Å². The Morgan fingerprint density at radius 3 is 2.50 bits per heavy atom. The third-order valence-electron chi connectivity index (χ3n) is 3.04. The maximum absolute atomic E-state index is 12.7. The van der Waals surface area contributed by atoms with Gasteiger partial charge in [-0.2, -0.15) is 18.4 Å². The number of thiol groups is 1. The molecule has 0 aromatic heterocycles. The third kappa shape index (κ3) is 3.77. The zero-order valence-electron chi connectivity index (χ0n) is 11.8. The summed E-state index contributed by atoms with van der Waals surface area (Å²) in [6.07, 6.45) is -4.44. The highest BCUT2D eigenvalue weighted by Crippen LogP contribution is 2.47. The Morgan fingerprint density at radius 2 is 1.92 bits per heavy atom. The first-order chi connectivity index (χ1) is 11.3. The molecule has 1 aliphatic heterocycles. The fourth-order valence-electron chi connectivity index (χ4n) is 2.07. The van der Waals surface area contributed by atoms with Crippen LogP contribution >= 0.6 is 24.4 Å². The number of rotatable bonds is 1. The number of para-hydroxylation sites is 1. The van der Waals surface area contributed by atoms with E-state index >= 15 is 0 Å². The second-order valence-electron chi connectivity index (χ2n) is 4.52. The van der Waals surface area contributed by atoms with Crippen molar-refractivity contribution in [2.75, 3.05) is 5.32 Å². The van der Waals surface area contributed by atoms with Gasteiger partial charge in [0.1, 0.15) is 5.40 Å². The average Bonchev–Trinajstić information content (AvgIpc) is 2.51. The van der Waals surface area contributed by atoms with Crippen LogP contribution in [-0.2, 0) is 6.18 Å². The Kier molecular flexibility index (Phi) is 5.31. The maximum Gasteiger partial charge on any atom is 0.416 e. The number of thiocyanates is 1. The van der Waals surface area contributed by atoms with Crippen molar-refractivity contribution >= 4 is 41.7 Å². The molecule has 0 radical (unpaired) electrons. The molecule has 0 saturated carbocycles. The molecule has 0 spiro atoms. The molecular weight excluding hydrogens is 361 g/mol. The van der Waals surface area contributed by atoms with Crippen molar-refractivity contribution in [3.8, 4) is 5.40 Å². The number of aromatic carboxylic acids is 1. The number of carbonyl (C=O) groups is 1. The van der Waals surface area contributed by atoms with Crippen LogP contribution in [0.15, 0.2) is 46.2 Å². The number of nitrogens with zero attached hydrogens (tertiary/aromatic N) is 1. The minimum Gasteiger partial charge on any atom is -0.478 e. The minimum atomic E-state index is -4.44. The van der Waals surface area contributed by atoms with E-state index in [2.05, 4.69) is 17.9 Å². The van der Waals surface area contributed by atoms with Crippen LogP contribution < -0.4 is 5.32 Å². The summed E-state index contributed by atoms with van der Waals surface area (Å²) in [5.74, 6) is -1.13. The van der Waals surface area contributed by atoms with Gasteiger partial charge >= 0.3 is 12.1 Å². The topological polar surface area (TPSA) is 73.1 Å². The van der Waals surface area contributed by atoms with Crippen molar-refractivity contribution in [2.24, 2.45) is 0 Å². The summed E-state index contributed by atoms with van der Waals surface area (Å²) < 4.78 is 38.2. The van der Waals surface area contributed by atoms with Gasteiger partial charge in [0.25, 0.3) is 0 Å². The molecule has 2 N–H and O–H groups in total. The van der Waals surface area contributed by atoms with Crippen molar-refractivity contribution in [3.05, 3.63) is 47.5 Å². The number of fused-ring (bicyclic) bond motifs is 2. The fraction of sp³-hybridized carbons (Fsp3) is 0.0667. The molecule has 0 amide bonds. The van der Waals surface area contributed by atoms with Crippen LogP contribution in [-0.4, -0.2) is 11.1 Å². The molecule has 1 heterocycles. The largest absolute Gasteiger partial charge is 0.478 e. The molecule has 0 bridgehead atoms. The monoisotopic (exact) mass is 370 g/mol. The molecule has 0 aliphatic carbocycles. The molecule has 9 heteroatoms. The van der Waals surface area contributed by atoms with Gasteiger partial charge in [-0.15, -0.1) is 0 Å². The van der Waals surface area contributed by atoms with Crippen molar-refractivity contribution in [3.63, 3.8) is 0 Å².